The Morgan fingerprint density at radius 1 is 1.53 bits per heavy atom. The second-order valence-electron chi connectivity index (χ2n) is 4.80. The summed E-state index contributed by atoms with van der Waals surface area (Å²) in [4.78, 5) is 21.0. The van der Waals surface area contributed by atoms with E-state index in [0.29, 0.717) is 6.42 Å². The number of benzene rings is 1. The third-order valence-electron chi connectivity index (χ3n) is 2.61. The number of nitrogens with zero attached hydrogens (tertiary/aromatic N) is 1. The molecule has 0 aliphatic carbocycles. The van der Waals surface area contributed by atoms with Crippen molar-refractivity contribution in [2.45, 2.75) is 32.2 Å². The summed E-state index contributed by atoms with van der Waals surface area (Å²) in [5.74, 6) is -0.907. The number of nitro groups is 1. The van der Waals surface area contributed by atoms with Gasteiger partial charge in [0.25, 0.3) is 0 Å². The fraction of sp³-hybridized carbons (Fsp3) is 0.417. The van der Waals surface area contributed by atoms with Crippen LogP contribution in [-0.2, 0) is 4.79 Å². The minimum Gasteiger partial charge on any atom is -0.481 e. The molecule has 0 radical (unpaired) electrons. The van der Waals surface area contributed by atoms with Crippen LogP contribution in [0.4, 0.5) is 11.4 Å². The van der Waals surface area contributed by atoms with Gasteiger partial charge in [-0.15, -0.1) is 0 Å². The highest BCUT2D eigenvalue weighted by Gasteiger charge is 2.25. The SMILES string of the molecule is CC(C)(CCC(=O)O)Nc1cccc(Cl)c1[N+](=O)[O-]. The van der Waals surface area contributed by atoms with Gasteiger partial charge in [-0.3, -0.25) is 14.9 Å². The number of carboxylic acid groups (broad SMARTS) is 1. The predicted octanol–water partition coefficient (Wildman–Crippen LogP) is 3.30. The predicted molar refractivity (Wildman–Crippen MR) is 72.7 cm³/mol. The standard InChI is InChI=1S/C12H15ClN2O4/c1-12(2,7-6-10(16)17)14-9-5-3-4-8(13)11(9)15(18)19/h3-5,14H,6-7H2,1-2H3,(H,16,17). The number of nitrogens with one attached hydrogen (secondary N) is 1. The van der Waals surface area contributed by atoms with E-state index in [1.54, 1.807) is 26.0 Å². The van der Waals surface area contributed by atoms with Crippen molar-refractivity contribution in [1.82, 2.24) is 0 Å². The lowest BCUT2D eigenvalue weighted by molar-refractivity contribution is -0.383. The van der Waals surface area contributed by atoms with Crippen LogP contribution < -0.4 is 5.32 Å². The normalized spacial score (nSPS) is 11.1. The zero-order valence-corrected chi connectivity index (χ0v) is 11.4. The highest BCUT2D eigenvalue weighted by Crippen LogP contribution is 2.34. The second-order valence-corrected chi connectivity index (χ2v) is 5.20. The summed E-state index contributed by atoms with van der Waals surface area (Å²) < 4.78 is 0. The molecule has 0 unspecified atom stereocenters. The number of carbonyl (C=O) groups is 1. The molecular formula is C12H15ClN2O4. The molecule has 0 heterocycles. The molecule has 1 aromatic rings. The van der Waals surface area contributed by atoms with Gasteiger partial charge in [0.2, 0.25) is 0 Å². The molecule has 104 valence electrons. The smallest absolute Gasteiger partial charge is 0.310 e. The van der Waals surface area contributed by atoms with E-state index in [2.05, 4.69) is 5.32 Å². The third kappa shape index (κ3) is 4.40. The molecular weight excluding hydrogens is 272 g/mol. The summed E-state index contributed by atoms with van der Waals surface area (Å²) in [6, 6.07) is 4.59. The zero-order valence-electron chi connectivity index (χ0n) is 10.6. The Morgan fingerprint density at radius 3 is 2.68 bits per heavy atom. The fourth-order valence-corrected chi connectivity index (χ4v) is 1.89. The van der Waals surface area contributed by atoms with Crippen molar-refractivity contribution in [1.29, 1.82) is 0 Å². The molecule has 0 aromatic heterocycles. The van der Waals surface area contributed by atoms with E-state index in [9.17, 15) is 14.9 Å². The summed E-state index contributed by atoms with van der Waals surface area (Å²) in [6.45, 7) is 3.56. The number of nitro benzene ring substituents is 1. The van der Waals surface area contributed by atoms with Crippen LogP contribution >= 0.6 is 11.6 Å². The number of carboxylic acids is 1. The molecule has 0 fully saturated rings. The summed E-state index contributed by atoms with van der Waals surface area (Å²) in [6.07, 6.45) is 0.320. The minimum absolute atomic E-state index is 0.0195. The number of hydrogen-bond donors (Lipinski definition) is 2. The third-order valence-corrected chi connectivity index (χ3v) is 2.91. The molecule has 19 heavy (non-hydrogen) atoms. The van der Waals surface area contributed by atoms with E-state index in [1.807, 2.05) is 0 Å². The molecule has 0 amide bonds. The zero-order chi connectivity index (χ0) is 14.6. The first-order valence-electron chi connectivity index (χ1n) is 5.66. The van der Waals surface area contributed by atoms with Crippen LogP contribution in [0.5, 0.6) is 0 Å². The van der Waals surface area contributed by atoms with E-state index in [1.165, 1.54) is 6.07 Å². The van der Waals surface area contributed by atoms with Gasteiger partial charge in [0.15, 0.2) is 0 Å². The van der Waals surface area contributed by atoms with Crippen LogP contribution in [0.3, 0.4) is 0 Å². The first kappa shape index (κ1) is 15.2. The Morgan fingerprint density at radius 2 is 2.16 bits per heavy atom. The molecule has 0 saturated carbocycles. The molecule has 0 aliphatic heterocycles. The summed E-state index contributed by atoms with van der Waals surface area (Å²) in [5.41, 5.74) is -0.506. The van der Waals surface area contributed by atoms with Gasteiger partial charge in [-0.05, 0) is 32.4 Å². The van der Waals surface area contributed by atoms with Crippen molar-refractivity contribution in [3.63, 3.8) is 0 Å². The molecule has 1 aromatic carbocycles. The molecule has 0 spiro atoms. The second kappa shape index (κ2) is 5.88. The van der Waals surface area contributed by atoms with Crippen LogP contribution in [0.25, 0.3) is 0 Å². The molecule has 0 saturated heterocycles. The van der Waals surface area contributed by atoms with E-state index in [0.717, 1.165) is 0 Å². The van der Waals surface area contributed by atoms with Crippen LogP contribution in [0.1, 0.15) is 26.7 Å². The highest BCUT2D eigenvalue weighted by atomic mass is 35.5. The number of para-hydroxylation sites is 1. The Balaban J connectivity index is 2.95. The van der Waals surface area contributed by atoms with Crippen LogP contribution in [0, 0.1) is 10.1 Å². The molecule has 1 rings (SSSR count). The maximum atomic E-state index is 11.0. The summed E-state index contributed by atoms with van der Waals surface area (Å²) >= 11 is 5.80. The van der Waals surface area contributed by atoms with Crippen LogP contribution in [0.2, 0.25) is 5.02 Å². The first-order valence-corrected chi connectivity index (χ1v) is 6.03. The lowest BCUT2D eigenvalue weighted by atomic mass is 9.97. The molecule has 7 heteroatoms. The number of anilines is 1. The number of rotatable bonds is 6. The summed E-state index contributed by atoms with van der Waals surface area (Å²) in [7, 11) is 0. The van der Waals surface area contributed by atoms with Gasteiger partial charge in [0.1, 0.15) is 10.7 Å². The van der Waals surface area contributed by atoms with Crippen molar-refractivity contribution >= 4 is 28.9 Å². The minimum atomic E-state index is -0.907. The van der Waals surface area contributed by atoms with Crippen molar-refractivity contribution in [3.05, 3.63) is 33.3 Å². The molecule has 0 bridgehead atoms. The van der Waals surface area contributed by atoms with Crippen molar-refractivity contribution in [2.24, 2.45) is 0 Å². The fourth-order valence-electron chi connectivity index (χ4n) is 1.65. The molecule has 2 N–H and O–H groups in total. The number of halogens is 1. The average Bonchev–Trinajstić information content (AvgIpc) is 2.25. The number of hydrogen-bond acceptors (Lipinski definition) is 4. The van der Waals surface area contributed by atoms with Gasteiger partial charge in [-0.1, -0.05) is 17.7 Å². The van der Waals surface area contributed by atoms with Crippen molar-refractivity contribution in [3.8, 4) is 0 Å². The van der Waals surface area contributed by atoms with E-state index < -0.39 is 16.4 Å². The van der Waals surface area contributed by atoms with Crippen LogP contribution in [0.15, 0.2) is 18.2 Å². The topological polar surface area (TPSA) is 92.5 Å². The Kier molecular flexibility index (Phi) is 4.72. The maximum Gasteiger partial charge on any atom is 0.310 e. The van der Waals surface area contributed by atoms with E-state index in [4.69, 9.17) is 16.7 Å². The summed E-state index contributed by atoms with van der Waals surface area (Å²) in [5, 5.41) is 22.7. The molecule has 6 nitrogen and oxygen atoms in total. The average molecular weight is 287 g/mol. The molecule has 0 aliphatic rings. The lowest BCUT2D eigenvalue weighted by Crippen LogP contribution is -2.31. The Hall–Kier alpha value is -1.82. The number of aliphatic carboxylic acids is 1. The monoisotopic (exact) mass is 286 g/mol. The van der Waals surface area contributed by atoms with Gasteiger partial charge >= 0.3 is 11.7 Å². The van der Waals surface area contributed by atoms with Gasteiger partial charge in [0.05, 0.1) is 4.92 Å². The largest absolute Gasteiger partial charge is 0.481 e. The maximum absolute atomic E-state index is 11.0. The van der Waals surface area contributed by atoms with Gasteiger partial charge in [-0.25, -0.2) is 0 Å². The van der Waals surface area contributed by atoms with Crippen molar-refractivity contribution < 1.29 is 14.8 Å². The highest BCUT2D eigenvalue weighted by molar-refractivity contribution is 6.33. The van der Waals surface area contributed by atoms with Gasteiger partial charge in [0, 0.05) is 12.0 Å². The van der Waals surface area contributed by atoms with Crippen molar-refractivity contribution in [2.75, 3.05) is 5.32 Å². The van der Waals surface area contributed by atoms with Gasteiger partial charge in [-0.2, -0.15) is 0 Å². The van der Waals surface area contributed by atoms with E-state index >= 15 is 0 Å². The van der Waals surface area contributed by atoms with E-state index in [-0.39, 0.29) is 22.8 Å². The van der Waals surface area contributed by atoms with Crippen LogP contribution in [-0.4, -0.2) is 21.5 Å². The lowest BCUT2D eigenvalue weighted by Gasteiger charge is -2.26. The Bertz CT molecular complexity index is 503. The molecule has 0 atom stereocenters. The quantitative estimate of drug-likeness (QED) is 0.618. The first-order chi connectivity index (χ1) is 8.73. The van der Waals surface area contributed by atoms with Gasteiger partial charge < -0.3 is 10.4 Å². The Labute approximate surface area is 115 Å².